The number of hydrogen-bond acceptors (Lipinski definition) is 7. The third kappa shape index (κ3) is 7.70. The Morgan fingerprint density at radius 2 is 1.85 bits per heavy atom. The monoisotopic (exact) mass is 558 g/mol. The molecule has 1 aliphatic rings. The molecule has 0 radical (unpaired) electrons. The minimum Gasteiger partial charge on any atom is -0.480 e. The Hall–Kier alpha value is -4.17. The summed E-state index contributed by atoms with van der Waals surface area (Å²) < 4.78 is 0. The predicted molar refractivity (Wildman–Crippen MR) is 148 cm³/mol. The van der Waals surface area contributed by atoms with Gasteiger partial charge in [0.1, 0.15) is 24.2 Å². The summed E-state index contributed by atoms with van der Waals surface area (Å²) in [6.07, 6.45) is 1.92. The maximum absolute atomic E-state index is 13.7. The molecule has 0 bridgehead atoms. The molecule has 0 saturated carbocycles. The zero-order valence-electron chi connectivity index (χ0n) is 22.4. The van der Waals surface area contributed by atoms with E-state index in [9.17, 15) is 29.4 Å². The number of carboxylic acids is 1. The van der Waals surface area contributed by atoms with Crippen LogP contribution < -0.4 is 27.8 Å². The number of carbonyl (C=O) groups is 4. The number of aromatic nitrogens is 1. The van der Waals surface area contributed by atoms with Crippen LogP contribution in [0.4, 0.5) is 0 Å². The number of rotatable bonds is 13. The number of aromatic amines is 1. The molecule has 40 heavy (non-hydrogen) atoms. The standard InChI is InChI=1S/C26H38N8O6/c1-14(35)21(27)23(37)32-18(8-4-10-30-26(28)29)22(36)33-19(24(38)34-11-5-9-20(34)25(39)40)12-15-13-31-17-7-3-2-6-16(15)17/h2-3,6-7,13-14,18-21,31,35H,4-5,8-12,27H2,1H3,(H,32,37)(H,33,36)(H,39,40)(H4,28,29,30). The van der Waals surface area contributed by atoms with Crippen LogP contribution in [0.15, 0.2) is 35.5 Å². The van der Waals surface area contributed by atoms with E-state index in [-0.39, 0.29) is 31.9 Å². The molecule has 1 fully saturated rings. The van der Waals surface area contributed by atoms with Crippen molar-refractivity contribution in [2.45, 2.75) is 69.3 Å². The van der Waals surface area contributed by atoms with Crippen LogP contribution in [0.1, 0.15) is 38.2 Å². The van der Waals surface area contributed by atoms with E-state index in [0.717, 1.165) is 16.5 Å². The van der Waals surface area contributed by atoms with E-state index in [1.807, 2.05) is 24.3 Å². The van der Waals surface area contributed by atoms with Crippen molar-refractivity contribution in [3.63, 3.8) is 0 Å². The molecule has 2 heterocycles. The van der Waals surface area contributed by atoms with E-state index in [1.54, 1.807) is 6.20 Å². The number of nitrogens with zero attached hydrogens (tertiary/aromatic N) is 2. The second-order valence-corrected chi connectivity index (χ2v) is 9.93. The van der Waals surface area contributed by atoms with Gasteiger partial charge in [-0.05, 0) is 44.2 Å². The quantitative estimate of drug-likeness (QED) is 0.0810. The Labute approximate surface area is 231 Å². The van der Waals surface area contributed by atoms with Crippen molar-refractivity contribution in [2.75, 3.05) is 13.1 Å². The van der Waals surface area contributed by atoms with Crippen molar-refractivity contribution in [3.8, 4) is 0 Å². The largest absolute Gasteiger partial charge is 0.480 e. The van der Waals surface area contributed by atoms with Gasteiger partial charge in [0.05, 0.1) is 6.10 Å². The first-order valence-electron chi connectivity index (χ1n) is 13.2. The Bertz CT molecular complexity index is 1240. The van der Waals surface area contributed by atoms with Crippen LogP contribution in [0, 0.1) is 0 Å². The number of aliphatic hydroxyl groups is 1. The normalized spacial score (nSPS) is 18.0. The summed E-state index contributed by atoms with van der Waals surface area (Å²) in [5.41, 5.74) is 18.1. The molecule has 14 nitrogen and oxygen atoms in total. The molecular weight excluding hydrogens is 520 g/mol. The Morgan fingerprint density at radius 3 is 2.52 bits per heavy atom. The lowest BCUT2D eigenvalue weighted by atomic mass is 10.0. The highest BCUT2D eigenvalue weighted by Gasteiger charge is 2.38. The van der Waals surface area contributed by atoms with Crippen LogP contribution in [-0.2, 0) is 25.6 Å². The number of nitrogens with two attached hydrogens (primary N) is 3. The lowest BCUT2D eigenvalue weighted by molar-refractivity contribution is -0.149. The number of benzene rings is 1. The molecule has 0 aliphatic carbocycles. The molecule has 1 aromatic heterocycles. The number of hydrogen-bond donors (Lipinski definition) is 8. The first-order chi connectivity index (χ1) is 19.0. The maximum Gasteiger partial charge on any atom is 0.326 e. The van der Waals surface area contributed by atoms with Crippen molar-refractivity contribution in [2.24, 2.45) is 22.2 Å². The number of carbonyl (C=O) groups excluding carboxylic acids is 3. The van der Waals surface area contributed by atoms with Crippen LogP contribution in [0.25, 0.3) is 10.9 Å². The number of aliphatic hydroxyl groups excluding tert-OH is 1. The van der Waals surface area contributed by atoms with Gasteiger partial charge < -0.3 is 47.9 Å². The summed E-state index contributed by atoms with van der Waals surface area (Å²) >= 11 is 0. The molecule has 0 spiro atoms. The summed E-state index contributed by atoms with van der Waals surface area (Å²) in [6.45, 7) is 1.79. The van der Waals surface area contributed by atoms with E-state index in [4.69, 9.17) is 17.2 Å². The van der Waals surface area contributed by atoms with Crippen LogP contribution in [0.2, 0.25) is 0 Å². The van der Waals surface area contributed by atoms with Gasteiger partial charge in [0, 0.05) is 36.6 Å². The number of fused-ring (bicyclic) bond motifs is 1. The van der Waals surface area contributed by atoms with Gasteiger partial charge in [-0.2, -0.15) is 0 Å². The van der Waals surface area contributed by atoms with Gasteiger partial charge in [-0.25, -0.2) is 4.79 Å². The fourth-order valence-electron chi connectivity index (χ4n) is 4.74. The number of para-hydroxylation sites is 1. The van der Waals surface area contributed by atoms with Gasteiger partial charge in [-0.15, -0.1) is 0 Å². The second kappa shape index (κ2) is 13.8. The van der Waals surface area contributed by atoms with Gasteiger partial charge in [0.25, 0.3) is 0 Å². The van der Waals surface area contributed by atoms with Crippen molar-refractivity contribution in [3.05, 3.63) is 36.0 Å². The Balaban J connectivity index is 1.87. The highest BCUT2D eigenvalue weighted by Crippen LogP contribution is 2.23. The minimum absolute atomic E-state index is 0.0826. The van der Waals surface area contributed by atoms with Crippen LogP contribution in [-0.4, -0.2) is 93.1 Å². The summed E-state index contributed by atoms with van der Waals surface area (Å²) in [5.74, 6) is -3.18. The SMILES string of the molecule is CC(O)C(N)C(=O)NC(CCCN=C(N)N)C(=O)NC(Cc1c[nH]c2ccccc12)C(=O)N1CCCC1C(=O)O. The number of carboxylic acid groups (broad SMARTS) is 1. The number of guanidine groups is 1. The number of H-pyrrole nitrogens is 1. The Kier molecular flexibility index (Phi) is 10.4. The highest BCUT2D eigenvalue weighted by atomic mass is 16.4. The molecular formula is C26H38N8O6. The van der Waals surface area contributed by atoms with E-state index in [0.29, 0.717) is 19.3 Å². The Morgan fingerprint density at radius 1 is 1.15 bits per heavy atom. The van der Waals surface area contributed by atoms with Crippen molar-refractivity contribution in [1.82, 2.24) is 20.5 Å². The summed E-state index contributed by atoms with van der Waals surface area (Å²) in [4.78, 5) is 59.9. The molecule has 1 aliphatic heterocycles. The third-order valence-electron chi connectivity index (χ3n) is 6.94. The number of amides is 3. The summed E-state index contributed by atoms with van der Waals surface area (Å²) in [5, 5.41) is 25.5. The van der Waals surface area contributed by atoms with Gasteiger partial charge in [-0.1, -0.05) is 18.2 Å². The summed E-state index contributed by atoms with van der Waals surface area (Å²) in [6, 6.07) is 2.96. The first kappa shape index (κ1) is 30.4. The van der Waals surface area contributed by atoms with Gasteiger partial charge >= 0.3 is 5.97 Å². The fourth-order valence-corrected chi connectivity index (χ4v) is 4.74. The topological polar surface area (TPSA) is 242 Å². The molecule has 14 heteroatoms. The zero-order chi connectivity index (χ0) is 29.4. The van der Waals surface area contributed by atoms with Crippen LogP contribution in [0.5, 0.6) is 0 Å². The molecule has 3 amide bonds. The summed E-state index contributed by atoms with van der Waals surface area (Å²) in [7, 11) is 0. The van der Waals surface area contributed by atoms with Crippen molar-refractivity contribution < 1.29 is 29.4 Å². The van der Waals surface area contributed by atoms with Crippen LogP contribution in [0.3, 0.4) is 0 Å². The molecule has 1 saturated heterocycles. The lowest BCUT2D eigenvalue weighted by Gasteiger charge is -2.29. The molecule has 218 valence electrons. The van der Waals surface area contributed by atoms with Crippen molar-refractivity contribution in [1.29, 1.82) is 0 Å². The average Bonchev–Trinajstić information content (AvgIpc) is 3.56. The van der Waals surface area contributed by atoms with E-state index in [2.05, 4.69) is 20.6 Å². The number of likely N-dealkylation sites (tertiary alicyclic amines) is 1. The van der Waals surface area contributed by atoms with Gasteiger partial charge in [-0.3, -0.25) is 19.4 Å². The van der Waals surface area contributed by atoms with E-state index in [1.165, 1.54) is 11.8 Å². The molecule has 5 atom stereocenters. The lowest BCUT2D eigenvalue weighted by Crippen LogP contribution is -2.58. The smallest absolute Gasteiger partial charge is 0.326 e. The molecule has 11 N–H and O–H groups in total. The minimum atomic E-state index is -1.28. The van der Waals surface area contributed by atoms with Crippen molar-refractivity contribution >= 4 is 40.6 Å². The highest BCUT2D eigenvalue weighted by molar-refractivity contribution is 5.95. The third-order valence-corrected chi connectivity index (χ3v) is 6.94. The molecule has 3 rings (SSSR count). The second-order valence-electron chi connectivity index (χ2n) is 9.93. The number of aliphatic carboxylic acids is 1. The predicted octanol–water partition coefficient (Wildman–Crippen LogP) is -1.48. The number of nitrogens with one attached hydrogen (secondary N) is 3. The number of aliphatic imine (C=N–C) groups is 1. The molecule has 2 aromatic rings. The van der Waals surface area contributed by atoms with E-state index >= 15 is 0 Å². The molecule has 5 unspecified atom stereocenters. The average molecular weight is 559 g/mol. The zero-order valence-corrected chi connectivity index (χ0v) is 22.4. The fraction of sp³-hybridized carbons (Fsp3) is 0.500. The van der Waals surface area contributed by atoms with Crippen LogP contribution >= 0.6 is 0 Å². The van der Waals surface area contributed by atoms with E-state index < -0.39 is 54.0 Å². The van der Waals surface area contributed by atoms with Gasteiger partial charge in [0.2, 0.25) is 17.7 Å². The molecule has 1 aromatic carbocycles. The maximum atomic E-state index is 13.7. The first-order valence-corrected chi connectivity index (χ1v) is 13.2. The van der Waals surface area contributed by atoms with Gasteiger partial charge in [0.15, 0.2) is 5.96 Å².